The van der Waals surface area contributed by atoms with E-state index in [1.165, 1.54) is 19.2 Å². The van der Waals surface area contributed by atoms with Crippen LogP contribution in [0.2, 0.25) is 0 Å². The lowest BCUT2D eigenvalue weighted by Crippen LogP contribution is -2.34. The predicted octanol–water partition coefficient (Wildman–Crippen LogP) is 3.80. The molecule has 2 aromatic carbocycles. The van der Waals surface area contributed by atoms with Crippen LogP contribution in [-0.4, -0.2) is 23.1 Å². The highest BCUT2D eigenvalue weighted by atomic mass is 79.9. The van der Waals surface area contributed by atoms with Crippen molar-refractivity contribution in [3.05, 3.63) is 62.1 Å². The summed E-state index contributed by atoms with van der Waals surface area (Å²) in [6.45, 7) is 1.77. The summed E-state index contributed by atoms with van der Waals surface area (Å²) in [6.07, 6.45) is 0. The quantitative estimate of drug-likeness (QED) is 0.441. The van der Waals surface area contributed by atoms with Gasteiger partial charge in [-0.15, -0.1) is 0 Å². The predicted molar refractivity (Wildman–Crippen MR) is 102 cm³/mol. The average Bonchev–Trinajstić information content (AvgIpc) is 2.56. The van der Waals surface area contributed by atoms with Crippen molar-refractivity contribution in [1.82, 2.24) is 5.32 Å². The summed E-state index contributed by atoms with van der Waals surface area (Å²) in [5.74, 6) is -0.0613. The Balaban J connectivity index is 2.15. The van der Waals surface area contributed by atoms with Gasteiger partial charge in [-0.25, -0.2) is 0 Å². The standard InChI is InChI=1S/C16H14BrN3O4S/c1-9-3-5-11(20(22)23)8-13(9)18-16(25)19-15(21)12-7-10(17)4-6-14(12)24-2/h3-8H,1-2H3,(H2,18,19,21,25). The number of ether oxygens (including phenoxy) is 1. The van der Waals surface area contributed by atoms with Crippen molar-refractivity contribution in [2.45, 2.75) is 6.92 Å². The van der Waals surface area contributed by atoms with Gasteiger partial charge < -0.3 is 10.1 Å². The summed E-state index contributed by atoms with van der Waals surface area (Å²) in [4.78, 5) is 22.8. The maximum absolute atomic E-state index is 12.4. The minimum atomic E-state index is -0.501. The lowest BCUT2D eigenvalue weighted by molar-refractivity contribution is -0.384. The molecule has 0 heterocycles. The van der Waals surface area contributed by atoms with Crippen LogP contribution in [0.3, 0.4) is 0 Å². The van der Waals surface area contributed by atoms with Gasteiger partial charge in [-0.3, -0.25) is 20.2 Å². The average molecular weight is 424 g/mol. The summed E-state index contributed by atoms with van der Waals surface area (Å²) < 4.78 is 5.88. The largest absolute Gasteiger partial charge is 0.496 e. The zero-order valence-electron chi connectivity index (χ0n) is 13.3. The van der Waals surface area contributed by atoms with Crippen molar-refractivity contribution in [2.24, 2.45) is 0 Å². The van der Waals surface area contributed by atoms with E-state index in [0.717, 1.165) is 5.56 Å². The number of hydrogen-bond donors (Lipinski definition) is 2. The van der Waals surface area contributed by atoms with Gasteiger partial charge in [-0.2, -0.15) is 0 Å². The van der Waals surface area contributed by atoms with Crippen molar-refractivity contribution in [3.63, 3.8) is 0 Å². The van der Waals surface area contributed by atoms with Gasteiger partial charge in [-0.1, -0.05) is 22.0 Å². The Morgan fingerprint density at radius 3 is 2.64 bits per heavy atom. The summed E-state index contributed by atoms with van der Waals surface area (Å²) in [6, 6.07) is 9.36. The number of non-ortho nitro benzene ring substituents is 1. The molecule has 2 rings (SSSR count). The third kappa shape index (κ3) is 4.74. The number of hydrogen-bond acceptors (Lipinski definition) is 5. The molecule has 0 radical (unpaired) electrons. The van der Waals surface area contributed by atoms with Gasteiger partial charge in [0.25, 0.3) is 11.6 Å². The number of nitro groups is 1. The van der Waals surface area contributed by atoms with Crippen LogP contribution >= 0.6 is 28.1 Å². The fraction of sp³-hybridized carbons (Fsp3) is 0.125. The number of carbonyl (C=O) groups excluding carboxylic acids is 1. The topological polar surface area (TPSA) is 93.5 Å². The van der Waals surface area contributed by atoms with E-state index >= 15 is 0 Å². The number of nitrogens with zero attached hydrogens (tertiary/aromatic N) is 1. The molecule has 0 saturated carbocycles. The first-order valence-corrected chi connectivity index (χ1v) is 8.23. The number of benzene rings is 2. The molecule has 1 amide bonds. The number of anilines is 1. The highest BCUT2D eigenvalue weighted by molar-refractivity contribution is 9.10. The Bertz CT molecular complexity index is 857. The molecule has 2 aromatic rings. The van der Waals surface area contributed by atoms with E-state index in [2.05, 4.69) is 26.6 Å². The summed E-state index contributed by atoms with van der Waals surface area (Å²) >= 11 is 8.42. The normalized spacial score (nSPS) is 10.0. The number of rotatable bonds is 4. The Morgan fingerprint density at radius 1 is 1.28 bits per heavy atom. The van der Waals surface area contributed by atoms with Crippen LogP contribution < -0.4 is 15.4 Å². The molecular formula is C16H14BrN3O4S. The van der Waals surface area contributed by atoms with Gasteiger partial charge in [0.05, 0.1) is 17.6 Å². The van der Waals surface area contributed by atoms with Crippen LogP contribution in [0.15, 0.2) is 40.9 Å². The van der Waals surface area contributed by atoms with Gasteiger partial charge in [0.15, 0.2) is 5.11 Å². The molecule has 7 nitrogen and oxygen atoms in total. The van der Waals surface area contributed by atoms with Gasteiger partial charge >= 0.3 is 0 Å². The third-order valence-corrected chi connectivity index (χ3v) is 4.01. The zero-order chi connectivity index (χ0) is 18.6. The maximum atomic E-state index is 12.4. The number of methoxy groups -OCH3 is 1. The van der Waals surface area contributed by atoms with E-state index in [0.29, 0.717) is 21.5 Å². The van der Waals surface area contributed by atoms with Crippen LogP contribution in [0.5, 0.6) is 5.75 Å². The van der Waals surface area contributed by atoms with E-state index in [1.54, 1.807) is 31.2 Å². The third-order valence-electron chi connectivity index (χ3n) is 3.31. The van der Waals surface area contributed by atoms with E-state index < -0.39 is 10.8 Å². The molecule has 0 spiro atoms. The second-order valence-corrected chi connectivity index (χ2v) is 6.33. The minimum absolute atomic E-state index is 0.0237. The molecule has 0 aromatic heterocycles. The summed E-state index contributed by atoms with van der Waals surface area (Å²) in [7, 11) is 1.46. The number of aryl methyl sites for hydroxylation is 1. The molecule has 0 aliphatic carbocycles. The van der Waals surface area contributed by atoms with E-state index in [4.69, 9.17) is 17.0 Å². The minimum Gasteiger partial charge on any atom is -0.496 e. The maximum Gasteiger partial charge on any atom is 0.271 e. The second-order valence-electron chi connectivity index (χ2n) is 5.01. The first-order valence-electron chi connectivity index (χ1n) is 7.02. The van der Waals surface area contributed by atoms with Crippen LogP contribution in [0.1, 0.15) is 15.9 Å². The number of amides is 1. The van der Waals surface area contributed by atoms with Crippen molar-refractivity contribution >= 4 is 50.5 Å². The fourth-order valence-electron chi connectivity index (χ4n) is 2.04. The molecule has 2 N–H and O–H groups in total. The van der Waals surface area contributed by atoms with Crippen molar-refractivity contribution < 1.29 is 14.5 Å². The van der Waals surface area contributed by atoms with Gasteiger partial charge in [0.1, 0.15) is 5.75 Å². The number of nitro benzene ring substituents is 1. The van der Waals surface area contributed by atoms with Crippen LogP contribution in [0.25, 0.3) is 0 Å². The highest BCUT2D eigenvalue weighted by Gasteiger charge is 2.15. The smallest absolute Gasteiger partial charge is 0.271 e. The van der Waals surface area contributed by atoms with Gasteiger partial charge in [-0.05, 0) is 42.9 Å². The first kappa shape index (κ1) is 18.8. The number of nitrogens with one attached hydrogen (secondary N) is 2. The van der Waals surface area contributed by atoms with Crippen LogP contribution in [0, 0.1) is 17.0 Å². The molecule has 130 valence electrons. The molecule has 0 unspecified atom stereocenters. The zero-order valence-corrected chi connectivity index (χ0v) is 15.7. The number of carbonyl (C=O) groups is 1. The molecule has 0 fully saturated rings. The molecule has 0 aliphatic rings. The SMILES string of the molecule is COc1ccc(Br)cc1C(=O)NC(=S)Nc1cc([N+](=O)[O-])ccc1C. The lowest BCUT2D eigenvalue weighted by atomic mass is 10.2. The number of thiocarbonyl (C=S) groups is 1. The Kier molecular flexibility index (Phi) is 6.05. The van der Waals surface area contributed by atoms with Crippen LogP contribution in [-0.2, 0) is 0 Å². The monoisotopic (exact) mass is 423 g/mol. The Morgan fingerprint density at radius 2 is 2.00 bits per heavy atom. The second kappa shape index (κ2) is 8.04. The van der Waals surface area contributed by atoms with Gasteiger partial charge in [0, 0.05) is 22.3 Å². The number of halogens is 1. The van der Waals surface area contributed by atoms with Crippen molar-refractivity contribution in [2.75, 3.05) is 12.4 Å². The van der Waals surface area contributed by atoms with Crippen molar-refractivity contribution in [3.8, 4) is 5.75 Å². The summed E-state index contributed by atoms with van der Waals surface area (Å²) in [5.41, 5.74) is 1.43. The highest BCUT2D eigenvalue weighted by Crippen LogP contribution is 2.24. The first-order chi connectivity index (χ1) is 11.8. The fourth-order valence-corrected chi connectivity index (χ4v) is 2.60. The molecular weight excluding hydrogens is 410 g/mol. The van der Waals surface area contributed by atoms with E-state index in [9.17, 15) is 14.9 Å². The molecule has 0 atom stereocenters. The molecule has 0 saturated heterocycles. The summed E-state index contributed by atoms with van der Waals surface area (Å²) in [5, 5.41) is 16.2. The molecule has 25 heavy (non-hydrogen) atoms. The van der Waals surface area contributed by atoms with E-state index in [1.807, 2.05) is 0 Å². The molecule has 0 aliphatic heterocycles. The lowest BCUT2D eigenvalue weighted by Gasteiger charge is -2.13. The van der Waals surface area contributed by atoms with Crippen molar-refractivity contribution in [1.29, 1.82) is 0 Å². The van der Waals surface area contributed by atoms with Gasteiger partial charge in [0.2, 0.25) is 0 Å². The molecule has 9 heteroatoms. The Hall–Kier alpha value is -2.52. The van der Waals surface area contributed by atoms with Crippen LogP contribution in [0.4, 0.5) is 11.4 Å². The Labute approximate surface area is 157 Å². The molecule has 0 bridgehead atoms. The van der Waals surface area contributed by atoms with E-state index in [-0.39, 0.29) is 10.8 Å².